The van der Waals surface area contributed by atoms with E-state index in [2.05, 4.69) is 11.3 Å². The van der Waals surface area contributed by atoms with Gasteiger partial charge in [0.25, 0.3) is 0 Å². The Kier molecular flexibility index (Phi) is 9.14. The Labute approximate surface area is 209 Å². The summed E-state index contributed by atoms with van der Waals surface area (Å²) in [6, 6.07) is 17.4. The molecule has 36 heavy (non-hydrogen) atoms. The minimum Gasteiger partial charge on any atom is -0.461 e. The highest BCUT2D eigenvalue weighted by atomic mass is 31.2. The number of nitrogens with zero attached hydrogens (tertiary/aromatic N) is 1. The summed E-state index contributed by atoms with van der Waals surface area (Å²) in [4.78, 5) is 24.5. The molecule has 0 aliphatic heterocycles. The number of fused-ring (bicyclic) bond motifs is 1. The maximum absolute atomic E-state index is 15.9. The molecular weight excluding hydrogens is 484 g/mol. The first kappa shape index (κ1) is 26.8. The van der Waals surface area contributed by atoms with Crippen LogP contribution in [0.25, 0.3) is 10.8 Å². The van der Waals surface area contributed by atoms with Crippen LogP contribution in [0.2, 0.25) is 0 Å². The molecule has 0 heterocycles. The third-order valence-electron chi connectivity index (χ3n) is 5.00. The summed E-state index contributed by atoms with van der Waals surface area (Å²) in [7, 11) is -4.50. The van der Waals surface area contributed by atoms with E-state index in [1.54, 1.807) is 42.5 Å². The van der Waals surface area contributed by atoms with E-state index >= 15 is 4.39 Å². The van der Waals surface area contributed by atoms with E-state index in [-0.39, 0.29) is 35.8 Å². The first-order valence-electron chi connectivity index (χ1n) is 11.3. The van der Waals surface area contributed by atoms with Crippen molar-refractivity contribution in [2.75, 3.05) is 13.2 Å². The zero-order valence-corrected chi connectivity index (χ0v) is 21.0. The Morgan fingerprint density at radius 2 is 1.78 bits per heavy atom. The first-order chi connectivity index (χ1) is 17.3. The summed E-state index contributed by atoms with van der Waals surface area (Å²) in [6.07, 6.45) is 2.04. The lowest BCUT2D eigenvalue weighted by Crippen LogP contribution is -2.15. The van der Waals surface area contributed by atoms with Crippen molar-refractivity contribution in [2.24, 2.45) is 4.76 Å². The summed E-state index contributed by atoms with van der Waals surface area (Å²) in [6.45, 7) is 6.84. The smallest absolute Gasteiger partial charge is 0.400 e. The van der Waals surface area contributed by atoms with E-state index in [9.17, 15) is 14.2 Å². The molecule has 0 radical (unpaired) electrons. The Hall–Kier alpha value is -3.77. The molecule has 3 rings (SSSR count). The second-order valence-electron chi connectivity index (χ2n) is 7.83. The van der Waals surface area contributed by atoms with E-state index in [0.717, 1.165) is 5.39 Å². The number of carbonyl (C=O) groups excluding carboxylic acids is 2. The zero-order chi connectivity index (χ0) is 26.1. The van der Waals surface area contributed by atoms with Crippen molar-refractivity contribution in [2.45, 2.75) is 26.2 Å². The molecule has 0 aromatic heterocycles. The van der Waals surface area contributed by atoms with Crippen molar-refractivity contribution in [1.82, 2.24) is 0 Å². The number of hydrogen-bond donors (Lipinski definition) is 0. The number of carbonyl (C=O) groups is 2. The molecule has 3 aromatic rings. The summed E-state index contributed by atoms with van der Waals surface area (Å²) in [5.41, 5.74) is 0.0171. The van der Waals surface area contributed by atoms with Gasteiger partial charge in [-0.15, -0.1) is 0 Å². The van der Waals surface area contributed by atoms with Crippen LogP contribution in [-0.4, -0.2) is 30.9 Å². The predicted octanol–water partition coefficient (Wildman–Crippen LogP) is 6.84. The van der Waals surface area contributed by atoms with E-state index in [0.29, 0.717) is 11.8 Å². The summed E-state index contributed by atoms with van der Waals surface area (Å²) < 4.78 is 49.3. The maximum atomic E-state index is 15.9. The number of halogens is 1. The molecule has 188 valence electrons. The number of hydrogen-bond acceptors (Lipinski definition) is 6. The van der Waals surface area contributed by atoms with Crippen molar-refractivity contribution in [3.8, 4) is 5.75 Å². The van der Waals surface area contributed by atoms with Crippen molar-refractivity contribution in [3.63, 3.8) is 0 Å². The number of esters is 2. The minimum atomic E-state index is -4.50. The van der Waals surface area contributed by atoms with E-state index in [1.807, 2.05) is 6.92 Å². The van der Waals surface area contributed by atoms with Gasteiger partial charge in [0, 0.05) is 0 Å². The summed E-state index contributed by atoms with van der Waals surface area (Å²) >= 11 is 0. The average Bonchev–Trinajstić information content (AvgIpc) is 2.89. The average molecular weight is 511 g/mol. The quantitative estimate of drug-likeness (QED) is 0.121. The molecule has 7 nitrogen and oxygen atoms in total. The first-order valence-corrected chi connectivity index (χ1v) is 13.0. The summed E-state index contributed by atoms with van der Waals surface area (Å²) in [5, 5.41) is 1.25. The molecule has 9 heteroatoms. The number of benzene rings is 3. The van der Waals surface area contributed by atoms with Gasteiger partial charge in [-0.3, -0.25) is 0 Å². The molecule has 0 aliphatic rings. The van der Waals surface area contributed by atoms with Gasteiger partial charge < -0.3 is 14.0 Å². The fourth-order valence-electron chi connectivity index (χ4n) is 3.25. The van der Waals surface area contributed by atoms with Crippen LogP contribution in [0.15, 0.2) is 84.1 Å². The van der Waals surface area contributed by atoms with Crippen LogP contribution < -0.4 is 4.52 Å². The van der Waals surface area contributed by atoms with Crippen molar-refractivity contribution in [1.29, 1.82) is 0 Å². The molecule has 0 fully saturated rings. The highest BCUT2D eigenvalue weighted by molar-refractivity contribution is 7.58. The number of ether oxygens (including phenoxy) is 2. The lowest BCUT2D eigenvalue weighted by molar-refractivity contribution is -0.135. The highest BCUT2D eigenvalue weighted by Gasteiger charge is 2.39. The van der Waals surface area contributed by atoms with Crippen LogP contribution in [0.3, 0.4) is 0 Å². The normalized spacial score (nSPS) is 13.9. The van der Waals surface area contributed by atoms with Crippen LogP contribution >= 0.6 is 7.52 Å². The summed E-state index contributed by atoms with van der Waals surface area (Å²) in [5.74, 6) is -3.42. The molecule has 0 N–H and O–H groups in total. The van der Waals surface area contributed by atoms with Crippen LogP contribution in [0.5, 0.6) is 5.75 Å². The van der Waals surface area contributed by atoms with Crippen molar-refractivity contribution >= 4 is 35.9 Å². The molecule has 0 spiro atoms. The molecule has 2 atom stereocenters. The van der Waals surface area contributed by atoms with Gasteiger partial charge in [0.2, 0.25) is 5.91 Å². The molecule has 0 saturated carbocycles. The van der Waals surface area contributed by atoms with Gasteiger partial charge in [-0.1, -0.05) is 56.0 Å². The Morgan fingerprint density at radius 1 is 1.06 bits per heavy atom. The Morgan fingerprint density at radius 3 is 2.47 bits per heavy atom. The van der Waals surface area contributed by atoms with Crippen LogP contribution in [0.4, 0.5) is 4.39 Å². The van der Waals surface area contributed by atoms with Crippen molar-refractivity contribution in [3.05, 3.63) is 90.5 Å². The van der Waals surface area contributed by atoms with Crippen molar-refractivity contribution < 1.29 is 32.5 Å². The lowest BCUT2D eigenvalue weighted by Gasteiger charge is -2.20. The topological polar surface area (TPSA) is 91.3 Å². The standard InChI is InChI=1S/C27H27FNO6P/c1-4-15-33-26(30)19(3)29-36(32,35-24-9-7-6-8-10-24)25(28)21-13-11-20-12-14-22(18-23(20)17-21)27(31)34-16-5-2/h5-14,17-18,25H,2,4,15-16H2,1,3H3/b29-19+. The van der Waals surface area contributed by atoms with Gasteiger partial charge in [-0.05, 0) is 60.0 Å². The minimum absolute atomic E-state index is 0.0110. The molecular formula is C27H27FNO6P. The molecule has 0 amide bonds. The lowest BCUT2D eigenvalue weighted by atomic mass is 10.0. The number of para-hydroxylation sites is 1. The monoisotopic (exact) mass is 511 g/mol. The third kappa shape index (κ3) is 6.67. The third-order valence-corrected chi connectivity index (χ3v) is 6.92. The predicted molar refractivity (Wildman–Crippen MR) is 137 cm³/mol. The van der Waals surface area contributed by atoms with Gasteiger partial charge in [-0.2, -0.15) is 4.76 Å². The largest absolute Gasteiger partial charge is 0.461 e. The van der Waals surface area contributed by atoms with E-state index < -0.39 is 25.4 Å². The molecule has 0 bridgehead atoms. The SMILES string of the molecule is C=CCOC(=O)c1ccc2ccc(C(F)P(=O)(/N=C(\C)C(=O)OCCC)Oc3ccccc3)cc2c1. The zero-order valence-electron chi connectivity index (χ0n) is 20.1. The van der Waals surface area contributed by atoms with Gasteiger partial charge in [0.15, 0.2) is 0 Å². The number of alkyl halides is 1. The molecule has 3 aromatic carbocycles. The Balaban J connectivity index is 2.01. The maximum Gasteiger partial charge on any atom is 0.400 e. The second-order valence-corrected chi connectivity index (χ2v) is 9.80. The van der Waals surface area contributed by atoms with Gasteiger partial charge in [0.1, 0.15) is 18.1 Å². The van der Waals surface area contributed by atoms with Gasteiger partial charge in [0.05, 0.1) is 12.2 Å². The van der Waals surface area contributed by atoms with E-state index in [4.69, 9.17) is 14.0 Å². The van der Waals surface area contributed by atoms with Crippen LogP contribution in [0, 0.1) is 0 Å². The fourth-order valence-corrected chi connectivity index (χ4v) is 4.94. The van der Waals surface area contributed by atoms with Gasteiger partial charge >= 0.3 is 19.5 Å². The second kappa shape index (κ2) is 12.3. The Bertz CT molecular complexity index is 1320. The van der Waals surface area contributed by atoms with Crippen LogP contribution in [0.1, 0.15) is 42.1 Å². The molecule has 0 saturated heterocycles. The number of rotatable bonds is 11. The van der Waals surface area contributed by atoms with Crippen LogP contribution in [-0.2, 0) is 18.8 Å². The molecule has 0 aliphatic carbocycles. The van der Waals surface area contributed by atoms with Gasteiger partial charge in [-0.25, -0.2) is 18.5 Å². The fraction of sp³-hybridized carbons (Fsp3) is 0.222. The van der Waals surface area contributed by atoms with E-state index in [1.165, 1.54) is 37.3 Å². The highest BCUT2D eigenvalue weighted by Crippen LogP contribution is 2.62. The molecule has 2 unspecified atom stereocenters.